The van der Waals surface area contributed by atoms with E-state index in [1.165, 1.54) is 16.7 Å². The topological polar surface area (TPSA) is 41.6 Å². The second-order valence-electron chi connectivity index (χ2n) is 8.04. The minimum Gasteiger partial charge on any atom is -0.489 e. The minimum absolute atomic E-state index is 0.152. The van der Waals surface area contributed by atoms with Gasteiger partial charge in [-0.2, -0.15) is 0 Å². The lowest BCUT2D eigenvalue weighted by molar-refractivity contribution is -0.131. The first kappa shape index (κ1) is 19.0. The maximum Gasteiger partial charge on any atom is 0.223 e. The van der Waals surface area contributed by atoms with Crippen molar-refractivity contribution in [2.45, 2.75) is 57.7 Å². The van der Waals surface area contributed by atoms with Crippen LogP contribution < -0.4 is 10.1 Å². The highest BCUT2D eigenvalue weighted by atomic mass is 16.5. The quantitative estimate of drug-likeness (QED) is 0.820. The fourth-order valence-corrected chi connectivity index (χ4v) is 5.07. The van der Waals surface area contributed by atoms with Crippen molar-refractivity contribution in [3.8, 4) is 5.75 Å². The Morgan fingerprint density at radius 3 is 2.79 bits per heavy atom. The number of fused-ring (bicyclic) bond motifs is 1. The Morgan fingerprint density at radius 2 is 2.04 bits per heavy atom. The molecule has 0 spiro atoms. The summed E-state index contributed by atoms with van der Waals surface area (Å²) in [5.74, 6) is 1.21. The summed E-state index contributed by atoms with van der Waals surface area (Å²) in [7, 11) is 0. The maximum absolute atomic E-state index is 12.4. The highest BCUT2D eigenvalue weighted by Crippen LogP contribution is 2.42. The monoisotopic (exact) mass is 378 g/mol. The number of nitrogens with one attached hydrogen (secondary N) is 1. The third kappa shape index (κ3) is 3.42. The van der Waals surface area contributed by atoms with Gasteiger partial charge in [-0.05, 0) is 48.6 Å². The summed E-state index contributed by atoms with van der Waals surface area (Å²) in [4.78, 5) is 14.5. The third-order valence-electron chi connectivity index (χ3n) is 6.26. The minimum atomic E-state index is -0.152. The fraction of sp³-hybridized carbons (Fsp3) is 0.458. The highest BCUT2D eigenvalue weighted by Gasteiger charge is 2.49. The van der Waals surface area contributed by atoms with Crippen LogP contribution in [0.25, 0.3) is 0 Å². The van der Waals surface area contributed by atoms with Crippen molar-refractivity contribution in [3.63, 3.8) is 0 Å². The van der Waals surface area contributed by atoms with Gasteiger partial charge in [-0.15, -0.1) is 0 Å². The summed E-state index contributed by atoms with van der Waals surface area (Å²) in [5, 5.41) is 3.83. The first-order chi connectivity index (χ1) is 13.6. The summed E-state index contributed by atoms with van der Waals surface area (Å²) in [6.07, 6.45) is 3.73. The van der Waals surface area contributed by atoms with Gasteiger partial charge in [0.05, 0.1) is 11.6 Å². The summed E-state index contributed by atoms with van der Waals surface area (Å²) in [5.41, 5.74) is 3.56. The summed E-state index contributed by atoms with van der Waals surface area (Å²) in [6.45, 7) is 6.65. The van der Waals surface area contributed by atoms with Crippen molar-refractivity contribution >= 4 is 5.91 Å². The van der Waals surface area contributed by atoms with E-state index in [1.807, 2.05) is 18.2 Å². The first-order valence-corrected chi connectivity index (χ1v) is 10.5. The molecule has 0 aliphatic carbocycles. The van der Waals surface area contributed by atoms with Gasteiger partial charge in [0, 0.05) is 19.5 Å². The largest absolute Gasteiger partial charge is 0.489 e. The van der Waals surface area contributed by atoms with Crippen molar-refractivity contribution in [2.75, 3.05) is 13.1 Å². The van der Waals surface area contributed by atoms with Gasteiger partial charge in [0.25, 0.3) is 0 Å². The van der Waals surface area contributed by atoms with Gasteiger partial charge >= 0.3 is 0 Å². The molecule has 2 atom stereocenters. The number of ether oxygens (including phenoxy) is 1. The van der Waals surface area contributed by atoms with Crippen LogP contribution in [0.1, 0.15) is 49.3 Å². The van der Waals surface area contributed by atoms with E-state index in [2.05, 4.69) is 54.4 Å². The Bertz CT molecular complexity index is 832. The zero-order valence-electron chi connectivity index (χ0n) is 16.9. The molecule has 2 unspecified atom stereocenters. The van der Waals surface area contributed by atoms with Crippen LogP contribution in [0.3, 0.4) is 0 Å². The number of carbonyl (C=O) groups is 1. The van der Waals surface area contributed by atoms with Crippen molar-refractivity contribution < 1.29 is 9.53 Å². The zero-order chi connectivity index (χ0) is 19.6. The second-order valence-corrected chi connectivity index (χ2v) is 8.04. The van der Waals surface area contributed by atoms with Gasteiger partial charge < -0.3 is 15.0 Å². The standard InChI is InChI=1S/C24H30N2O2/c1-3-13-24(22-11-12-23(27)26(22)15-14-25-24)21-10-9-20(16-18(21)2)28-17-19-7-5-4-6-8-19/h4-10,16,22,25H,3,11-15,17H2,1-2H3. The van der Waals surface area contributed by atoms with E-state index >= 15 is 0 Å². The lowest BCUT2D eigenvalue weighted by Crippen LogP contribution is -2.63. The van der Waals surface area contributed by atoms with Crippen LogP contribution in [0.15, 0.2) is 48.5 Å². The molecule has 0 saturated carbocycles. The molecule has 2 fully saturated rings. The van der Waals surface area contributed by atoms with E-state index in [1.54, 1.807) is 0 Å². The molecule has 0 aromatic heterocycles. The van der Waals surface area contributed by atoms with Gasteiger partial charge in [-0.1, -0.05) is 49.7 Å². The van der Waals surface area contributed by atoms with E-state index in [0.717, 1.165) is 38.1 Å². The predicted octanol–water partition coefficient (Wildman–Crippen LogP) is 4.16. The van der Waals surface area contributed by atoms with Crippen LogP contribution in [0.5, 0.6) is 5.75 Å². The van der Waals surface area contributed by atoms with Gasteiger partial charge in [0.15, 0.2) is 0 Å². The predicted molar refractivity (Wildman–Crippen MR) is 111 cm³/mol. The lowest BCUT2D eigenvalue weighted by atomic mass is 9.75. The third-order valence-corrected chi connectivity index (χ3v) is 6.26. The van der Waals surface area contributed by atoms with Crippen LogP contribution in [-0.2, 0) is 16.9 Å². The lowest BCUT2D eigenvalue weighted by Gasteiger charge is -2.49. The number of aryl methyl sites for hydroxylation is 1. The van der Waals surface area contributed by atoms with Crippen LogP contribution in [0.2, 0.25) is 0 Å². The number of hydrogen-bond acceptors (Lipinski definition) is 3. The average molecular weight is 379 g/mol. The molecule has 4 heteroatoms. The number of rotatable bonds is 6. The average Bonchev–Trinajstić information content (AvgIpc) is 3.10. The normalized spacial score (nSPS) is 24.3. The molecule has 28 heavy (non-hydrogen) atoms. The van der Waals surface area contributed by atoms with E-state index < -0.39 is 0 Å². The van der Waals surface area contributed by atoms with Crippen molar-refractivity contribution in [3.05, 3.63) is 65.2 Å². The summed E-state index contributed by atoms with van der Waals surface area (Å²) in [6, 6.07) is 16.9. The Kier molecular flexibility index (Phi) is 5.40. The fourth-order valence-electron chi connectivity index (χ4n) is 5.07. The van der Waals surface area contributed by atoms with E-state index in [-0.39, 0.29) is 11.6 Å². The molecule has 2 aliphatic rings. The number of nitrogens with zero attached hydrogens (tertiary/aromatic N) is 1. The summed E-state index contributed by atoms with van der Waals surface area (Å²) < 4.78 is 6.03. The molecular formula is C24H30N2O2. The number of amides is 1. The smallest absolute Gasteiger partial charge is 0.223 e. The van der Waals surface area contributed by atoms with Crippen LogP contribution >= 0.6 is 0 Å². The van der Waals surface area contributed by atoms with Gasteiger partial charge in [0.1, 0.15) is 12.4 Å². The van der Waals surface area contributed by atoms with Crippen molar-refractivity contribution in [2.24, 2.45) is 0 Å². The van der Waals surface area contributed by atoms with Crippen LogP contribution in [-0.4, -0.2) is 29.9 Å². The van der Waals surface area contributed by atoms with Gasteiger partial charge in [0.2, 0.25) is 5.91 Å². The molecule has 0 bridgehead atoms. The Morgan fingerprint density at radius 1 is 1.21 bits per heavy atom. The molecule has 1 amide bonds. The molecule has 2 heterocycles. The Labute approximate surface area is 167 Å². The SMILES string of the molecule is CCCC1(c2ccc(OCc3ccccc3)cc2C)NCCN2C(=O)CCC21. The van der Waals surface area contributed by atoms with Gasteiger partial charge in [-0.3, -0.25) is 4.79 Å². The summed E-state index contributed by atoms with van der Waals surface area (Å²) >= 11 is 0. The second kappa shape index (κ2) is 7.96. The zero-order valence-corrected chi connectivity index (χ0v) is 16.9. The first-order valence-electron chi connectivity index (χ1n) is 10.5. The van der Waals surface area contributed by atoms with Gasteiger partial charge in [-0.25, -0.2) is 0 Å². The number of benzene rings is 2. The molecule has 1 N–H and O–H groups in total. The molecule has 4 rings (SSSR count). The highest BCUT2D eigenvalue weighted by molar-refractivity contribution is 5.79. The number of hydrogen-bond donors (Lipinski definition) is 1. The van der Waals surface area contributed by atoms with Crippen LogP contribution in [0.4, 0.5) is 0 Å². The van der Waals surface area contributed by atoms with E-state index in [9.17, 15) is 4.79 Å². The Hall–Kier alpha value is -2.33. The molecule has 2 aromatic carbocycles. The molecular weight excluding hydrogens is 348 g/mol. The molecule has 0 radical (unpaired) electrons. The molecule has 2 saturated heterocycles. The maximum atomic E-state index is 12.4. The van der Waals surface area contributed by atoms with E-state index in [0.29, 0.717) is 18.9 Å². The van der Waals surface area contributed by atoms with Crippen LogP contribution in [0, 0.1) is 6.92 Å². The van der Waals surface area contributed by atoms with Crippen molar-refractivity contribution in [1.82, 2.24) is 10.2 Å². The molecule has 4 nitrogen and oxygen atoms in total. The molecule has 2 aliphatic heterocycles. The molecule has 2 aromatic rings. The Balaban J connectivity index is 1.60. The van der Waals surface area contributed by atoms with E-state index in [4.69, 9.17) is 4.74 Å². The van der Waals surface area contributed by atoms with Crippen molar-refractivity contribution in [1.29, 1.82) is 0 Å². The number of carbonyl (C=O) groups excluding carboxylic acids is 1. The number of piperazine rings is 1. The molecule has 148 valence electrons.